The van der Waals surface area contributed by atoms with E-state index in [2.05, 4.69) is 23.4 Å². The molecular formula is C16H21NO2S. The average molecular weight is 291 g/mol. The molecule has 1 rings (SSSR count). The van der Waals surface area contributed by atoms with Gasteiger partial charge in [0.25, 0.3) is 0 Å². The first-order valence-electron chi connectivity index (χ1n) is 6.48. The highest BCUT2D eigenvalue weighted by Gasteiger charge is 2.18. The van der Waals surface area contributed by atoms with Gasteiger partial charge in [-0.05, 0) is 26.3 Å². The summed E-state index contributed by atoms with van der Waals surface area (Å²) in [4.78, 5) is 11.6. The van der Waals surface area contributed by atoms with Crippen LogP contribution in [0.3, 0.4) is 0 Å². The molecule has 0 spiro atoms. The highest BCUT2D eigenvalue weighted by molar-refractivity contribution is 7.98. The highest BCUT2D eigenvalue weighted by atomic mass is 32.2. The van der Waals surface area contributed by atoms with Crippen LogP contribution < -0.4 is 5.32 Å². The van der Waals surface area contributed by atoms with E-state index in [1.165, 1.54) is 5.56 Å². The van der Waals surface area contributed by atoms with Crippen LogP contribution in [0, 0.1) is 12.3 Å². The van der Waals surface area contributed by atoms with Crippen LogP contribution in [0.5, 0.6) is 0 Å². The lowest BCUT2D eigenvalue weighted by Crippen LogP contribution is -2.39. The second-order valence-corrected chi connectivity index (χ2v) is 6.40. The van der Waals surface area contributed by atoms with Crippen molar-refractivity contribution in [3.8, 4) is 12.3 Å². The molecule has 0 aliphatic carbocycles. The van der Waals surface area contributed by atoms with E-state index >= 15 is 0 Å². The maximum Gasteiger partial charge on any atom is 0.408 e. The summed E-state index contributed by atoms with van der Waals surface area (Å²) in [6.45, 7) is 5.46. The summed E-state index contributed by atoms with van der Waals surface area (Å²) in [5.41, 5.74) is 0.728. The molecule has 0 aliphatic heterocycles. The van der Waals surface area contributed by atoms with Crippen molar-refractivity contribution < 1.29 is 9.53 Å². The van der Waals surface area contributed by atoms with Crippen LogP contribution in [0.4, 0.5) is 4.79 Å². The van der Waals surface area contributed by atoms with Crippen LogP contribution in [0.1, 0.15) is 26.3 Å². The number of amides is 1. The second-order valence-electron chi connectivity index (χ2n) is 5.37. The van der Waals surface area contributed by atoms with Gasteiger partial charge in [0.15, 0.2) is 0 Å². The minimum atomic E-state index is -0.513. The van der Waals surface area contributed by atoms with E-state index < -0.39 is 11.7 Å². The first kappa shape index (κ1) is 16.5. The van der Waals surface area contributed by atoms with Gasteiger partial charge in [0.2, 0.25) is 0 Å². The summed E-state index contributed by atoms with van der Waals surface area (Å²) < 4.78 is 5.18. The number of carbonyl (C=O) groups excluding carboxylic acids is 1. The first-order chi connectivity index (χ1) is 9.40. The van der Waals surface area contributed by atoms with Crippen molar-refractivity contribution in [1.29, 1.82) is 0 Å². The molecule has 0 radical (unpaired) electrons. The van der Waals surface area contributed by atoms with Crippen molar-refractivity contribution >= 4 is 17.9 Å². The smallest absolute Gasteiger partial charge is 0.408 e. The fourth-order valence-corrected chi connectivity index (χ4v) is 2.41. The number of terminal acetylenes is 1. The molecule has 0 saturated carbocycles. The van der Waals surface area contributed by atoms with E-state index in [0.29, 0.717) is 5.75 Å². The molecule has 0 aromatic heterocycles. The van der Waals surface area contributed by atoms with Gasteiger partial charge in [0.05, 0.1) is 0 Å². The van der Waals surface area contributed by atoms with Crippen LogP contribution in [0.25, 0.3) is 0 Å². The Labute approximate surface area is 125 Å². The molecule has 1 aromatic carbocycles. The molecular weight excluding hydrogens is 270 g/mol. The predicted octanol–water partition coefficient (Wildman–Crippen LogP) is 3.45. The Kier molecular flexibility index (Phi) is 6.47. The summed E-state index contributed by atoms with van der Waals surface area (Å²) >= 11 is 1.69. The standard InChI is InChI=1S/C16H21NO2S/c1-5-14(17-15(18)19-16(2,3)4)12-20-11-13-9-7-6-8-10-13/h1,6-10,14H,11-12H2,2-4H3,(H,17,18)/t14-/m1/s1. The van der Waals surface area contributed by atoms with Gasteiger partial charge in [-0.3, -0.25) is 0 Å². The van der Waals surface area contributed by atoms with Gasteiger partial charge in [-0.1, -0.05) is 36.3 Å². The van der Waals surface area contributed by atoms with Crippen LogP contribution >= 0.6 is 11.8 Å². The molecule has 0 bridgehead atoms. The topological polar surface area (TPSA) is 38.3 Å². The summed E-state index contributed by atoms with van der Waals surface area (Å²) in [5.74, 6) is 4.10. The van der Waals surface area contributed by atoms with E-state index in [-0.39, 0.29) is 6.04 Å². The Balaban J connectivity index is 2.33. The number of carbonyl (C=O) groups is 1. The predicted molar refractivity (Wildman–Crippen MR) is 84.6 cm³/mol. The third kappa shape index (κ3) is 7.10. The molecule has 20 heavy (non-hydrogen) atoms. The lowest BCUT2D eigenvalue weighted by atomic mass is 10.2. The van der Waals surface area contributed by atoms with Gasteiger partial charge in [-0.2, -0.15) is 11.8 Å². The Hall–Kier alpha value is -1.60. The maximum absolute atomic E-state index is 11.6. The minimum absolute atomic E-state index is 0.321. The maximum atomic E-state index is 11.6. The molecule has 1 N–H and O–H groups in total. The lowest BCUT2D eigenvalue weighted by molar-refractivity contribution is 0.0520. The van der Waals surface area contributed by atoms with Crippen molar-refractivity contribution in [3.05, 3.63) is 35.9 Å². The molecule has 1 amide bonds. The van der Waals surface area contributed by atoms with Crippen LogP contribution in [-0.2, 0) is 10.5 Å². The second kappa shape index (κ2) is 7.86. The number of ether oxygens (including phenoxy) is 1. The summed E-state index contributed by atoms with van der Waals surface area (Å²) in [5, 5.41) is 2.69. The largest absolute Gasteiger partial charge is 0.444 e. The third-order valence-corrected chi connectivity index (χ3v) is 3.39. The van der Waals surface area contributed by atoms with Crippen molar-refractivity contribution in [1.82, 2.24) is 5.32 Å². The van der Waals surface area contributed by atoms with Gasteiger partial charge in [0, 0.05) is 11.5 Å². The summed E-state index contributed by atoms with van der Waals surface area (Å²) in [6, 6.07) is 9.82. The molecule has 1 aromatic rings. The van der Waals surface area contributed by atoms with Gasteiger partial charge < -0.3 is 10.1 Å². The number of benzene rings is 1. The SMILES string of the molecule is C#C[C@H](CSCc1ccccc1)NC(=O)OC(C)(C)C. The summed E-state index contributed by atoms with van der Waals surface area (Å²) in [7, 11) is 0. The molecule has 4 heteroatoms. The van der Waals surface area contributed by atoms with Gasteiger partial charge >= 0.3 is 6.09 Å². The Morgan fingerprint density at radius 2 is 2.05 bits per heavy atom. The van der Waals surface area contributed by atoms with Gasteiger partial charge in [0.1, 0.15) is 11.6 Å². The fourth-order valence-electron chi connectivity index (χ4n) is 1.45. The zero-order valence-corrected chi connectivity index (χ0v) is 13.0. The van der Waals surface area contributed by atoms with Gasteiger partial charge in [-0.25, -0.2) is 4.79 Å². The van der Waals surface area contributed by atoms with Crippen molar-refractivity contribution in [3.63, 3.8) is 0 Å². The van der Waals surface area contributed by atoms with Crippen LogP contribution in [-0.4, -0.2) is 23.5 Å². The minimum Gasteiger partial charge on any atom is -0.444 e. The number of hydrogen-bond acceptors (Lipinski definition) is 3. The van der Waals surface area contributed by atoms with Crippen LogP contribution in [0.15, 0.2) is 30.3 Å². The van der Waals surface area contributed by atoms with E-state index in [1.807, 2.05) is 39.0 Å². The van der Waals surface area contributed by atoms with Crippen molar-refractivity contribution in [2.45, 2.75) is 38.2 Å². The fraction of sp³-hybridized carbons (Fsp3) is 0.438. The van der Waals surface area contributed by atoms with E-state index in [9.17, 15) is 4.79 Å². The molecule has 108 valence electrons. The third-order valence-electron chi connectivity index (χ3n) is 2.29. The van der Waals surface area contributed by atoms with Crippen molar-refractivity contribution in [2.75, 3.05) is 5.75 Å². The highest BCUT2D eigenvalue weighted by Crippen LogP contribution is 2.13. The number of rotatable bonds is 5. The number of hydrogen-bond donors (Lipinski definition) is 1. The zero-order valence-electron chi connectivity index (χ0n) is 12.2. The van der Waals surface area contributed by atoms with E-state index in [4.69, 9.17) is 11.2 Å². The van der Waals surface area contributed by atoms with E-state index in [1.54, 1.807) is 11.8 Å². The summed E-state index contributed by atoms with van der Waals surface area (Å²) in [6.07, 6.45) is 4.96. The molecule has 0 unspecified atom stereocenters. The first-order valence-corrected chi connectivity index (χ1v) is 7.63. The zero-order chi connectivity index (χ0) is 15.0. The average Bonchev–Trinajstić information content (AvgIpc) is 2.36. The lowest BCUT2D eigenvalue weighted by Gasteiger charge is -2.21. The Bertz CT molecular complexity index is 460. The number of nitrogens with one attached hydrogen (secondary N) is 1. The normalized spacial score (nSPS) is 12.3. The number of alkyl carbamates (subject to hydrolysis) is 1. The quantitative estimate of drug-likeness (QED) is 0.845. The molecule has 0 fully saturated rings. The monoisotopic (exact) mass is 291 g/mol. The Morgan fingerprint density at radius 1 is 1.40 bits per heavy atom. The molecule has 3 nitrogen and oxygen atoms in total. The number of thioether (sulfide) groups is 1. The van der Waals surface area contributed by atoms with Gasteiger partial charge in [-0.15, -0.1) is 6.42 Å². The van der Waals surface area contributed by atoms with E-state index in [0.717, 1.165) is 5.75 Å². The van der Waals surface area contributed by atoms with Crippen molar-refractivity contribution in [2.24, 2.45) is 0 Å². The van der Waals surface area contributed by atoms with Crippen LogP contribution in [0.2, 0.25) is 0 Å². The molecule has 0 heterocycles. The molecule has 0 saturated heterocycles. The molecule has 1 atom stereocenters. The Morgan fingerprint density at radius 3 is 2.60 bits per heavy atom. The molecule has 0 aliphatic rings.